The van der Waals surface area contributed by atoms with Gasteiger partial charge in [-0.25, -0.2) is 9.59 Å². The van der Waals surface area contributed by atoms with Crippen LogP contribution in [0.25, 0.3) is 16.7 Å². The summed E-state index contributed by atoms with van der Waals surface area (Å²) in [6, 6.07) is 12.5. The summed E-state index contributed by atoms with van der Waals surface area (Å²) in [5, 5.41) is 9.62. The number of hydrogen-bond donors (Lipinski definition) is 0. The van der Waals surface area contributed by atoms with Crippen molar-refractivity contribution in [1.82, 2.24) is 15.0 Å². The van der Waals surface area contributed by atoms with Crippen molar-refractivity contribution in [1.29, 1.82) is 0 Å². The van der Waals surface area contributed by atoms with E-state index in [-0.39, 0.29) is 11.3 Å². The summed E-state index contributed by atoms with van der Waals surface area (Å²) in [4.78, 5) is 27.9. The highest BCUT2D eigenvalue weighted by molar-refractivity contribution is 6.30. The van der Waals surface area contributed by atoms with Crippen molar-refractivity contribution in [3.05, 3.63) is 83.2 Å². The van der Waals surface area contributed by atoms with Gasteiger partial charge in [0.1, 0.15) is 16.7 Å². The van der Waals surface area contributed by atoms with Crippen LogP contribution < -0.4 is 4.90 Å². The summed E-state index contributed by atoms with van der Waals surface area (Å²) in [5.41, 5.74) is 2.71. The van der Waals surface area contributed by atoms with Crippen molar-refractivity contribution in [3.63, 3.8) is 0 Å². The number of hydrogen-bond acceptors (Lipinski definition) is 7. The summed E-state index contributed by atoms with van der Waals surface area (Å²) in [6.45, 7) is 0. The normalized spacial score (nSPS) is 13.5. The SMILES string of the molecule is COC(=O)C1=C(C(=O)OC)N(c2ccc3nn(-c4ccc(Cl)cc4)nc3c2)C=CC=C1. The number of methoxy groups -OCH3 is 2. The van der Waals surface area contributed by atoms with Crippen molar-refractivity contribution in [2.24, 2.45) is 0 Å². The Labute approximate surface area is 182 Å². The van der Waals surface area contributed by atoms with Gasteiger partial charge >= 0.3 is 11.9 Å². The van der Waals surface area contributed by atoms with E-state index in [9.17, 15) is 9.59 Å². The minimum absolute atomic E-state index is 0.0313. The fourth-order valence-corrected chi connectivity index (χ4v) is 3.23. The summed E-state index contributed by atoms with van der Waals surface area (Å²) in [5.74, 6) is -1.33. The number of benzene rings is 2. The first-order valence-electron chi connectivity index (χ1n) is 9.20. The number of fused-ring (bicyclic) bond motifs is 1. The lowest BCUT2D eigenvalue weighted by Crippen LogP contribution is -2.26. The van der Waals surface area contributed by atoms with E-state index in [4.69, 9.17) is 21.1 Å². The fraction of sp³-hybridized carbons (Fsp3) is 0.0909. The molecule has 3 aromatic rings. The molecule has 0 N–H and O–H groups in total. The molecule has 1 aromatic heterocycles. The van der Waals surface area contributed by atoms with Gasteiger partial charge in [-0.3, -0.25) is 0 Å². The number of allylic oxidation sites excluding steroid dienone is 2. The summed E-state index contributed by atoms with van der Waals surface area (Å²) >= 11 is 5.95. The molecule has 2 heterocycles. The van der Waals surface area contributed by atoms with Gasteiger partial charge in [-0.1, -0.05) is 17.7 Å². The molecule has 156 valence electrons. The van der Waals surface area contributed by atoms with E-state index in [1.54, 1.807) is 53.6 Å². The number of esters is 2. The minimum Gasteiger partial charge on any atom is -0.465 e. The molecule has 0 unspecified atom stereocenters. The Kier molecular flexibility index (Phi) is 5.55. The highest BCUT2D eigenvalue weighted by Gasteiger charge is 2.27. The lowest BCUT2D eigenvalue weighted by atomic mass is 10.1. The first-order chi connectivity index (χ1) is 15.0. The number of nitrogens with zero attached hydrogens (tertiary/aromatic N) is 4. The second-order valence-electron chi connectivity index (χ2n) is 6.45. The van der Waals surface area contributed by atoms with Crippen LogP contribution in [-0.2, 0) is 19.1 Å². The second-order valence-corrected chi connectivity index (χ2v) is 6.89. The average molecular weight is 437 g/mol. The molecular weight excluding hydrogens is 420 g/mol. The Morgan fingerprint density at radius 3 is 2.26 bits per heavy atom. The predicted octanol–water partition coefficient (Wildman–Crippen LogP) is 3.56. The zero-order valence-corrected chi connectivity index (χ0v) is 17.4. The van der Waals surface area contributed by atoms with Gasteiger partial charge in [0.15, 0.2) is 0 Å². The lowest BCUT2D eigenvalue weighted by Gasteiger charge is -2.22. The number of ether oxygens (including phenoxy) is 2. The molecule has 8 nitrogen and oxygen atoms in total. The van der Waals surface area contributed by atoms with Gasteiger partial charge in [0.05, 0.1) is 25.5 Å². The van der Waals surface area contributed by atoms with Gasteiger partial charge in [0, 0.05) is 16.9 Å². The average Bonchev–Trinajstić information content (AvgIpc) is 3.09. The molecule has 0 atom stereocenters. The number of halogens is 1. The molecule has 0 spiro atoms. The first kappa shape index (κ1) is 20.4. The van der Waals surface area contributed by atoms with Gasteiger partial charge in [0.2, 0.25) is 0 Å². The van der Waals surface area contributed by atoms with Crippen LogP contribution in [0, 0.1) is 0 Å². The number of carbonyl (C=O) groups is 2. The molecule has 4 rings (SSSR count). The molecule has 0 saturated heterocycles. The van der Waals surface area contributed by atoms with Crippen LogP contribution >= 0.6 is 11.6 Å². The topological polar surface area (TPSA) is 86.6 Å². The van der Waals surface area contributed by atoms with Gasteiger partial charge in [-0.15, -0.1) is 10.2 Å². The van der Waals surface area contributed by atoms with Crippen molar-refractivity contribution >= 4 is 40.3 Å². The van der Waals surface area contributed by atoms with Gasteiger partial charge < -0.3 is 14.4 Å². The van der Waals surface area contributed by atoms with E-state index in [1.807, 2.05) is 12.1 Å². The summed E-state index contributed by atoms with van der Waals surface area (Å²) < 4.78 is 9.76. The van der Waals surface area contributed by atoms with Crippen molar-refractivity contribution in [3.8, 4) is 5.69 Å². The van der Waals surface area contributed by atoms with Gasteiger partial charge in [0.25, 0.3) is 0 Å². The maximum Gasteiger partial charge on any atom is 0.355 e. The van der Waals surface area contributed by atoms with E-state index < -0.39 is 11.9 Å². The quantitative estimate of drug-likeness (QED) is 0.578. The second kappa shape index (κ2) is 8.45. The third-order valence-corrected chi connectivity index (χ3v) is 4.84. The van der Waals surface area contributed by atoms with Crippen LogP contribution in [0.3, 0.4) is 0 Å². The maximum atomic E-state index is 12.6. The van der Waals surface area contributed by atoms with Gasteiger partial charge in [-0.2, -0.15) is 4.80 Å². The van der Waals surface area contributed by atoms with E-state index in [2.05, 4.69) is 10.2 Å². The number of aromatic nitrogens is 3. The Balaban J connectivity index is 1.81. The number of carbonyl (C=O) groups excluding carboxylic acids is 2. The van der Waals surface area contributed by atoms with Gasteiger partial charge in [-0.05, 0) is 54.6 Å². The van der Waals surface area contributed by atoms with Crippen LogP contribution in [0.4, 0.5) is 5.69 Å². The van der Waals surface area contributed by atoms with Crippen molar-refractivity contribution in [2.45, 2.75) is 0 Å². The third-order valence-electron chi connectivity index (χ3n) is 4.59. The molecular formula is C22H17ClN4O4. The summed E-state index contributed by atoms with van der Waals surface area (Å²) in [6.07, 6.45) is 6.51. The Bertz CT molecular complexity index is 1260. The smallest absolute Gasteiger partial charge is 0.355 e. The largest absolute Gasteiger partial charge is 0.465 e. The minimum atomic E-state index is -0.679. The fourth-order valence-electron chi connectivity index (χ4n) is 3.11. The molecule has 0 fully saturated rings. The molecule has 0 aliphatic carbocycles. The monoisotopic (exact) mass is 436 g/mol. The van der Waals surface area contributed by atoms with E-state index >= 15 is 0 Å². The molecule has 0 bridgehead atoms. The molecule has 0 amide bonds. The van der Waals surface area contributed by atoms with E-state index in [1.165, 1.54) is 25.1 Å². The summed E-state index contributed by atoms with van der Waals surface area (Å²) in [7, 11) is 2.50. The lowest BCUT2D eigenvalue weighted by molar-refractivity contribution is -0.139. The Morgan fingerprint density at radius 2 is 1.55 bits per heavy atom. The molecule has 2 aromatic carbocycles. The zero-order valence-electron chi connectivity index (χ0n) is 16.7. The van der Waals surface area contributed by atoms with Crippen molar-refractivity contribution < 1.29 is 19.1 Å². The standard InChI is InChI=1S/C22H17ClN4O4/c1-30-21(28)17-5-3-4-12-26(20(17)22(29)31-2)16-10-11-18-19(13-16)25-27(24-18)15-8-6-14(23)7-9-15/h3-13H,1-2H3. The zero-order chi connectivity index (χ0) is 22.0. The first-order valence-corrected chi connectivity index (χ1v) is 9.57. The third kappa shape index (κ3) is 3.93. The predicted molar refractivity (Wildman–Crippen MR) is 116 cm³/mol. The molecule has 1 aliphatic heterocycles. The number of rotatable bonds is 4. The van der Waals surface area contributed by atoms with Crippen molar-refractivity contribution in [2.75, 3.05) is 19.1 Å². The number of anilines is 1. The Hall–Kier alpha value is -3.91. The molecule has 1 aliphatic rings. The van der Waals surface area contributed by atoms with Crippen LogP contribution in [-0.4, -0.2) is 41.2 Å². The molecule has 31 heavy (non-hydrogen) atoms. The maximum absolute atomic E-state index is 12.6. The van der Waals surface area contributed by atoms with Crippen LogP contribution in [0.5, 0.6) is 0 Å². The van der Waals surface area contributed by atoms with E-state index in [0.29, 0.717) is 21.7 Å². The van der Waals surface area contributed by atoms with Crippen LogP contribution in [0.2, 0.25) is 5.02 Å². The highest BCUT2D eigenvalue weighted by Crippen LogP contribution is 2.28. The molecule has 0 saturated carbocycles. The highest BCUT2D eigenvalue weighted by atomic mass is 35.5. The van der Waals surface area contributed by atoms with E-state index in [0.717, 1.165) is 5.69 Å². The van der Waals surface area contributed by atoms with Crippen LogP contribution in [0.1, 0.15) is 0 Å². The molecule has 9 heteroatoms. The van der Waals surface area contributed by atoms with Crippen LogP contribution in [0.15, 0.2) is 78.2 Å². The Morgan fingerprint density at radius 1 is 0.871 bits per heavy atom. The molecule has 0 radical (unpaired) electrons.